The van der Waals surface area contributed by atoms with E-state index in [1.54, 1.807) is 4.31 Å². The SMILES string of the molecule is CC(C)C1CCN(C2CCN(S(=O)(=O)CCI)CC2)CC1. The summed E-state index contributed by atoms with van der Waals surface area (Å²) in [5, 5.41) is 0. The Kier molecular flexibility index (Phi) is 6.77. The lowest BCUT2D eigenvalue weighted by Gasteiger charge is -2.42. The summed E-state index contributed by atoms with van der Waals surface area (Å²) in [6, 6.07) is 0.601. The third kappa shape index (κ3) is 4.78. The van der Waals surface area contributed by atoms with Crippen LogP contribution in [0, 0.1) is 11.8 Å². The molecule has 0 aromatic heterocycles. The smallest absolute Gasteiger partial charge is 0.214 e. The van der Waals surface area contributed by atoms with Gasteiger partial charge in [0.25, 0.3) is 0 Å². The van der Waals surface area contributed by atoms with E-state index in [0.717, 1.165) is 24.7 Å². The molecule has 2 aliphatic heterocycles. The number of piperidine rings is 2. The normalized spacial score (nSPS) is 24.8. The molecule has 0 aromatic rings. The van der Waals surface area contributed by atoms with Crippen molar-refractivity contribution in [1.29, 1.82) is 0 Å². The number of hydrogen-bond acceptors (Lipinski definition) is 3. The number of likely N-dealkylation sites (tertiary alicyclic amines) is 1. The topological polar surface area (TPSA) is 40.6 Å². The Labute approximate surface area is 143 Å². The van der Waals surface area contributed by atoms with Gasteiger partial charge in [0.2, 0.25) is 10.0 Å². The molecule has 2 heterocycles. The van der Waals surface area contributed by atoms with E-state index >= 15 is 0 Å². The van der Waals surface area contributed by atoms with Crippen molar-refractivity contribution in [2.24, 2.45) is 11.8 Å². The molecule has 0 saturated carbocycles. The third-order valence-electron chi connectivity index (χ3n) is 5.19. The number of rotatable bonds is 5. The van der Waals surface area contributed by atoms with Crippen LogP contribution in [0.1, 0.15) is 39.5 Å². The van der Waals surface area contributed by atoms with E-state index < -0.39 is 10.0 Å². The predicted molar refractivity (Wildman–Crippen MR) is 96.4 cm³/mol. The van der Waals surface area contributed by atoms with Gasteiger partial charge >= 0.3 is 0 Å². The molecule has 2 aliphatic rings. The molecule has 2 saturated heterocycles. The summed E-state index contributed by atoms with van der Waals surface area (Å²) in [6.45, 7) is 8.50. The summed E-state index contributed by atoms with van der Waals surface area (Å²) in [4.78, 5) is 2.61. The lowest BCUT2D eigenvalue weighted by molar-refractivity contribution is 0.0855. The van der Waals surface area contributed by atoms with Gasteiger partial charge in [-0.3, -0.25) is 0 Å². The molecule has 0 radical (unpaired) electrons. The molecule has 0 spiro atoms. The van der Waals surface area contributed by atoms with Gasteiger partial charge in [-0.15, -0.1) is 0 Å². The van der Waals surface area contributed by atoms with Crippen LogP contribution in [0.4, 0.5) is 0 Å². The standard InChI is InChI=1S/C15H29IN2O2S/c1-13(2)14-3-8-17(9-4-14)15-5-10-18(11-6-15)21(19,20)12-7-16/h13-15H,3-12H2,1-2H3. The molecule has 6 heteroatoms. The Morgan fingerprint density at radius 3 is 2.10 bits per heavy atom. The van der Waals surface area contributed by atoms with Gasteiger partial charge in [0, 0.05) is 23.6 Å². The molecule has 0 atom stereocenters. The van der Waals surface area contributed by atoms with Crippen molar-refractivity contribution in [3.05, 3.63) is 0 Å². The summed E-state index contributed by atoms with van der Waals surface area (Å²) < 4.78 is 26.6. The first-order valence-electron chi connectivity index (χ1n) is 8.22. The van der Waals surface area contributed by atoms with Crippen LogP contribution in [0.3, 0.4) is 0 Å². The van der Waals surface area contributed by atoms with Gasteiger partial charge in [0.05, 0.1) is 5.75 Å². The highest BCUT2D eigenvalue weighted by atomic mass is 127. The first-order valence-corrected chi connectivity index (χ1v) is 11.4. The van der Waals surface area contributed by atoms with Crippen LogP contribution in [-0.2, 0) is 10.0 Å². The molecular weight excluding hydrogens is 399 g/mol. The molecular formula is C15H29IN2O2S. The van der Waals surface area contributed by atoms with Crippen molar-refractivity contribution < 1.29 is 8.42 Å². The second-order valence-electron chi connectivity index (χ2n) is 6.75. The van der Waals surface area contributed by atoms with E-state index in [0.29, 0.717) is 23.6 Å². The summed E-state index contributed by atoms with van der Waals surface area (Å²) >= 11 is 2.14. The lowest BCUT2D eigenvalue weighted by Crippen LogP contribution is -2.49. The maximum atomic E-state index is 12.1. The molecule has 0 amide bonds. The van der Waals surface area contributed by atoms with Crippen LogP contribution >= 0.6 is 22.6 Å². The van der Waals surface area contributed by atoms with Crippen molar-refractivity contribution >= 4 is 32.6 Å². The fraction of sp³-hybridized carbons (Fsp3) is 1.00. The van der Waals surface area contributed by atoms with Crippen LogP contribution in [-0.4, -0.2) is 60.0 Å². The van der Waals surface area contributed by atoms with Gasteiger partial charge in [-0.1, -0.05) is 36.4 Å². The minimum atomic E-state index is -3.00. The molecule has 0 unspecified atom stereocenters. The Bertz CT molecular complexity index is 411. The summed E-state index contributed by atoms with van der Waals surface area (Å²) in [7, 11) is -3.00. The van der Waals surface area contributed by atoms with Crippen LogP contribution in [0.5, 0.6) is 0 Å². The van der Waals surface area contributed by atoms with Crippen LogP contribution in [0.25, 0.3) is 0 Å². The fourth-order valence-electron chi connectivity index (χ4n) is 3.66. The van der Waals surface area contributed by atoms with E-state index in [-0.39, 0.29) is 5.75 Å². The zero-order chi connectivity index (χ0) is 15.5. The molecule has 2 rings (SSSR count). The molecule has 21 heavy (non-hydrogen) atoms. The minimum Gasteiger partial charge on any atom is -0.300 e. The number of sulfonamides is 1. The van der Waals surface area contributed by atoms with Crippen molar-refractivity contribution in [3.63, 3.8) is 0 Å². The Morgan fingerprint density at radius 2 is 1.62 bits per heavy atom. The zero-order valence-electron chi connectivity index (χ0n) is 13.3. The predicted octanol–water partition coefficient (Wildman–Crippen LogP) is 2.58. The number of hydrogen-bond donors (Lipinski definition) is 0. The monoisotopic (exact) mass is 428 g/mol. The largest absolute Gasteiger partial charge is 0.300 e. The number of nitrogens with zero attached hydrogens (tertiary/aromatic N) is 2. The van der Waals surface area contributed by atoms with E-state index in [4.69, 9.17) is 0 Å². The summed E-state index contributed by atoms with van der Waals surface area (Å²) in [5.41, 5.74) is 0. The highest BCUT2D eigenvalue weighted by Gasteiger charge is 2.32. The molecule has 0 N–H and O–H groups in total. The molecule has 0 bridgehead atoms. The summed E-state index contributed by atoms with van der Waals surface area (Å²) in [6.07, 6.45) is 4.63. The highest BCUT2D eigenvalue weighted by Crippen LogP contribution is 2.28. The highest BCUT2D eigenvalue weighted by molar-refractivity contribution is 14.1. The first-order chi connectivity index (χ1) is 9.94. The second-order valence-corrected chi connectivity index (χ2v) is 9.92. The maximum Gasteiger partial charge on any atom is 0.214 e. The summed E-state index contributed by atoms with van der Waals surface area (Å²) in [5.74, 6) is 1.97. The fourth-order valence-corrected chi connectivity index (χ4v) is 6.55. The zero-order valence-corrected chi connectivity index (χ0v) is 16.3. The molecule has 124 valence electrons. The van der Waals surface area contributed by atoms with Crippen LogP contribution in [0.2, 0.25) is 0 Å². The van der Waals surface area contributed by atoms with Gasteiger partial charge in [-0.2, -0.15) is 0 Å². The maximum absolute atomic E-state index is 12.1. The van der Waals surface area contributed by atoms with Gasteiger partial charge in [0.15, 0.2) is 0 Å². The van der Waals surface area contributed by atoms with Gasteiger partial charge < -0.3 is 4.90 Å². The van der Waals surface area contributed by atoms with E-state index in [2.05, 4.69) is 41.3 Å². The second kappa shape index (κ2) is 7.93. The quantitative estimate of drug-likeness (QED) is 0.499. The van der Waals surface area contributed by atoms with Crippen LogP contribution in [0.15, 0.2) is 0 Å². The van der Waals surface area contributed by atoms with E-state index in [1.807, 2.05) is 0 Å². The van der Waals surface area contributed by atoms with Crippen molar-refractivity contribution in [3.8, 4) is 0 Å². The van der Waals surface area contributed by atoms with Gasteiger partial charge in [0.1, 0.15) is 0 Å². The third-order valence-corrected chi connectivity index (χ3v) is 8.33. The average Bonchev–Trinajstić information content (AvgIpc) is 2.47. The Hall–Kier alpha value is 0.600. The van der Waals surface area contributed by atoms with E-state index in [1.165, 1.54) is 25.9 Å². The molecule has 4 nitrogen and oxygen atoms in total. The number of alkyl halides is 1. The Morgan fingerprint density at radius 1 is 1.05 bits per heavy atom. The van der Waals surface area contributed by atoms with Crippen LogP contribution < -0.4 is 0 Å². The molecule has 2 fully saturated rings. The number of halogens is 1. The van der Waals surface area contributed by atoms with Gasteiger partial charge in [-0.05, 0) is 50.6 Å². The minimum absolute atomic E-state index is 0.290. The molecule has 0 aliphatic carbocycles. The molecule has 0 aromatic carbocycles. The van der Waals surface area contributed by atoms with E-state index in [9.17, 15) is 8.42 Å². The van der Waals surface area contributed by atoms with Crippen molar-refractivity contribution in [1.82, 2.24) is 9.21 Å². The van der Waals surface area contributed by atoms with Gasteiger partial charge in [-0.25, -0.2) is 12.7 Å². The lowest BCUT2D eigenvalue weighted by atomic mass is 9.85. The van der Waals surface area contributed by atoms with Crippen molar-refractivity contribution in [2.75, 3.05) is 36.4 Å². The van der Waals surface area contributed by atoms with Crippen molar-refractivity contribution in [2.45, 2.75) is 45.6 Å². The average molecular weight is 428 g/mol. The Balaban J connectivity index is 1.80. The first kappa shape index (κ1) is 17.9.